The van der Waals surface area contributed by atoms with E-state index in [1.807, 2.05) is 4.90 Å². The van der Waals surface area contributed by atoms with Crippen molar-refractivity contribution in [2.45, 2.75) is 44.6 Å². The number of hydrogen-bond donors (Lipinski definition) is 2. The van der Waals surface area contributed by atoms with Crippen LogP contribution in [0.2, 0.25) is 0 Å². The smallest absolute Gasteiger partial charge is 0.240 e. The van der Waals surface area contributed by atoms with Crippen molar-refractivity contribution in [3.05, 3.63) is 10.6 Å². The van der Waals surface area contributed by atoms with Crippen LogP contribution in [0, 0.1) is 0 Å². The minimum atomic E-state index is -0.288. The van der Waals surface area contributed by atoms with Gasteiger partial charge in [0, 0.05) is 11.4 Å². The maximum Gasteiger partial charge on any atom is 0.240 e. The minimum absolute atomic E-state index is 0.0230. The second-order valence-electron chi connectivity index (χ2n) is 5.68. The Morgan fingerprint density at radius 3 is 3.05 bits per heavy atom. The molecule has 1 fully saturated rings. The maximum atomic E-state index is 12.0. The Bertz CT molecular complexity index is 465. The molecule has 5 nitrogen and oxygen atoms in total. The summed E-state index contributed by atoms with van der Waals surface area (Å²) in [6.45, 7) is 1.84. The highest BCUT2D eigenvalue weighted by Crippen LogP contribution is 2.29. The highest BCUT2D eigenvalue weighted by atomic mass is 32.1. The Balaban J connectivity index is 1.54. The Labute approximate surface area is 123 Å². The van der Waals surface area contributed by atoms with Crippen molar-refractivity contribution in [2.75, 3.05) is 25.0 Å². The van der Waals surface area contributed by atoms with Gasteiger partial charge in [-0.2, -0.15) is 0 Å². The van der Waals surface area contributed by atoms with Crippen molar-refractivity contribution in [1.29, 1.82) is 0 Å². The summed E-state index contributed by atoms with van der Waals surface area (Å²) in [5, 5.41) is 13.3. The highest BCUT2D eigenvalue weighted by molar-refractivity contribution is 7.15. The minimum Gasteiger partial charge on any atom is -0.392 e. The van der Waals surface area contributed by atoms with Crippen molar-refractivity contribution < 1.29 is 9.90 Å². The highest BCUT2D eigenvalue weighted by Gasteiger charge is 2.21. The van der Waals surface area contributed by atoms with Gasteiger partial charge in [0.2, 0.25) is 5.91 Å². The van der Waals surface area contributed by atoms with E-state index in [2.05, 4.69) is 10.3 Å². The number of aliphatic hydroxyl groups excluding tert-OH is 1. The van der Waals surface area contributed by atoms with Gasteiger partial charge in [-0.05, 0) is 45.1 Å². The van der Waals surface area contributed by atoms with Crippen molar-refractivity contribution in [3.63, 3.8) is 0 Å². The lowest BCUT2D eigenvalue weighted by Gasteiger charge is -2.29. The molecule has 0 bridgehead atoms. The summed E-state index contributed by atoms with van der Waals surface area (Å²) in [6, 6.07) is 0. The molecule has 2 aliphatic rings. The third kappa shape index (κ3) is 3.37. The lowest BCUT2D eigenvalue weighted by Crippen LogP contribution is -2.42. The number of anilines is 1. The van der Waals surface area contributed by atoms with Gasteiger partial charge in [0.05, 0.1) is 18.3 Å². The molecule has 0 radical (unpaired) electrons. The van der Waals surface area contributed by atoms with E-state index in [-0.39, 0.29) is 12.0 Å². The molecule has 0 spiro atoms. The Morgan fingerprint density at radius 2 is 2.25 bits per heavy atom. The molecule has 1 aliphatic heterocycles. The van der Waals surface area contributed by atoms with Crippen molar-refractivity contribution in [3.8, 4) is 0 Å². The first-order valence-electron chi connectivity index (χ1n) is 7.39. The number of nitrogens with one attached hydrogen (secondary N) is 1. The zero-order valence-electron chi connectivity index (χ0n) is 11.6. The monoisotopic (exact) mass is 295 g/mol. The number of hydrogen-bond acceptors (Lipinski definition) is 5. The lowest BCUT2D eigenvalue weighted by molar-refractivity contribution is -0.118. The first-order chi connectivity index (χ1) is 9.70. The fourth-order valence-electron chi connectivity index (χ4n) is 2.94. The zero-order valence-corrected chi connectivity index (χ0v) is 12.4. The second kappa shape index (κ2) is 6.20. The van der Waals surface area contributed by atoms with Gasteiger partial charge in [-0.15, -0.1) is 11.3 Å². The summed E-state index contributed by atoms with van der Waals surface area (Å²) in [7, 11) is 0. The van der Waals surface area contributed by atoms with Crippen LogP contribution in [-0.2, 0) is 17.6 Å². The molecule has 1 saturated heterocycles. The number of amides is 1. The molecule has 20 heavy (non-hydrogen) atoms. The zero-order chi connectivity index (χ0) is 13.9. The second-order valence-corrected chi connectivity index (χ2v) is 6.76. The Kier molecular flexibility index (Phi) is 4.33. The fraction of sp³-hybridized carbons (Fsp3) is 0.714. The normalized spacial score (nSPS) is 23.4. The summed E-state index contributed by atoms with van der Waals surface area (Å²) in [5.41, 5.74) is 1.17. The van der Waals surface area contributed by atoms with E-state index < -0.39 is 0 Å². The summed E-state index contributed by atoms with van der Waals surface area (Å²) in [6.07, 6.45) is 6.09. The molecule has 1 amide bonds. The van der Waals surface area contributed by atoms with Crippen LogP contribution in [0.5, 0.6) is 0 Å². The van der Waals surface area contributed by atoms with E-state index in [1.54, 1.807) is 11.3 Å². The van der Waals surface area contributed by atoms with Crippen LogP contribution >= 0.6 is 11.3 Å². The van der Waals surface area contributed by atoms with Crippen molar-refractivity contribution in [2.24, 2.45) is 0 Å². The average Bonchev–Trinajstić information content (AvgIpc) is 2.80. The molecule has 2 heterocycles. The fourth-order valence-corrected chi connectivity index (χ4v) is 4.01. The van der Waals surface area contributed by atoms with Crippen molar-refractivity contribution >= 4 is 22.4 Å². The van der Waals surface area contributed by atoms with Crippen LogP contribution in [0.3, 0.4) is 0 Å². The van der Waals surface area contributed by atoms with Crippen LogP contribution in [0.25, 0.3) is 0 Å². The average molecular weight is 295 g/mol. The molecule has 2 N–H and O–H groups in total. The van der Waals surface area contributed by atoms with Crippen LogP contribution in [-0.4, -0.2) is 46.6 Å². The predicted molar refractivity (Wildman–Crippen MR) is 79.1 cm³/mol. The van der Waals surface area contributed by atoms with E-state index in [9.17, 15) is 9.90 Å². The molecule has 1 unspecified atom stereocenters. The van der Waals surface area contributed by atoms with Crippen LogP contribution in [0.15, 0.2) is 0 Å². The van der Waals surface area contributed by atoms with E-state index in [0.717, 1.165) is 37.4 Å². The molecule has 6 heteroatoms. The summed E-state index contributed by atoms with van der Waals surface area (Å²) >= 11 is 1.62. The number of aryl methyl sites for hydroxylation is 2. The number of carbonyl (C=O) groups excluding carboxylic acids is 1. The molecular weight excluding hydrogens is 274 g/mol. The number of thiazole rings is 1. The number of aromatic nitrogens is 1. The third-order valence-electron chi connectivity index (χ3n) is 3.94. The number of nitrogens with zero attached hydrogens (tertiary/aromatic N) is 2. The van der Waals surface area contributed by atoms with Crippen LogP contribution in [0.1, 0.15) is 36.3 Å². The molecule has 0 aromatic carbocycles. The quantitative estimate of drug-likeness (QED) is 0.885. The molecule has 0 saturated carbocycles. The molecule has 1 aromatic rings. The van der Waals surface area contributed by atoms with Gasteiger partial charge in [0.15, 0.2) is 5.13 Å². The Hall–Kier alpha value is -0.980. The molecule has 3 rings (SSSR count). The predicted octanol–water partition coefficient (Wildman–Crippen LogP) is 1.42. The molecular formula is C14H21N3O2S. The van der Waals surface area contributed by atoms with Gasteiger partial charge in [0.1, 0.15) is 0 Å². The number of rotatable bonds is 3. The van der Waals surface area contributed by atoms with Gasteiger partial charge in [0.25, 0.3) is 0 Å². The first-order valence-corrected chi connectivity index (χ1v) is 8.21. The Morgan fingerprint density at radius 1 is 1.40 bits per heavy atom. The SMILES string of the molecule is O=C(CN1CCCC(O)C1)Nc1nc2c(s1)CCCC2. The molecule has 1 aromatic heterocycles. The largest absolute Gasteiger partial charge is 0.392 e. The van der Waals surface area contributed by atoms with E-state index in [4.69, 9.17) is 0 Å². The van der Waals surface area contributed by atoms with Gasteiger partial charge in [-0.3, -0.25) is 9.69 Å². The van der Waals surface area contributed by atoms with Gasteiger partial charge in [-0.25, -0.2) is 4.98 Å². The number of carbonyl (C=O) groups is 1. The number of aliphatic hydroxyl groups is 1. The van der Waals surface area contributed by atoms with Gasteiger partial charge >= 0.3 is 0 Å². The first kappa shape index (κ1) is 14.0. The molecule has 1 atom stereocenters. The number of piperidine rings is 1. The topological polar surface area (TPSA) is 65.5 Å². The number of fused-ring (bicyclic) bond motifs is 1. The van der Waals surface area contributed by atoms with Crippen LogP contribution < -0.4 is 5.32 Å². The maximum absolute atomic E-state index is 12.0. The summed E-state index contributed by atoms with van der Waals surface area (Å²) in [5.74, 6) is -0.0230. The third-order valence-corrected chi connectivity index (χ3v) is 5.01. The van der Waals surface area contributed by atoms with E-state index >= 15 is 0 Å². The van der Waals surface area contributed by atoms with Crippen LogP contribution in [0.4, 0.5) is 5.13 Å². The van der Waals surface area contributed by atoms with E-state index in [0.29, 0.717) is 13.1 Å². The lowest BCUT2D eigenvalue weighted by atomic mass is 10.0. The van der Waals surface area contributed by atoms with E-state index in [1.165, 1.54) is 23.4 Å². The van der Waals surface area contributed by atoms with Crippen molar-refractivity contribution in [1.82, 2.24) is 9.88 Å². The number of likely N-dealkylation sites (tertiary alicyclic amines) is 1. The summed E-state index contributed by atoms with van der Waals surface area (Å²) in [4.78, 5) is 19.9. The molecule has 1 aliphatic carbocycles. The number of β-amino-alcohol motifs (C(OH)–C–C–N with tert-alkyl or cyclic N) is 1. The van der Waals surface area contributed by atoms with Gasteiger partial charge in [-0.1, -0.05) is 0 Å². The van der Waals surface area contributed by atoms with Gasteiger partial charge < -0.3 is 10.4 Å². The molecule has 110 valence electrons. The standard InChI is InChI=1S/C14H21N3O2S/c18-10-4-3-7-17(8-10)9-13(19)16-14-15-11-5-1-2-6-12(11)20-14/h10,18H,1-9H2,(H,15,16,19). The summed E-state index contributed by atoms with van der Waals surface area (Å²) < 4.78 is 0.